The summed E-state index contributed by atoms with van der Waals surface area (Å²) in [5, 5.41) is 22.8. The molecule has 0 fully saturated rings. The first-order valence-corrected chi connectivity index (χ1v) is 8.07. The zero-order valence-corrected chi connectivity index (χ0v) is 13.9. The molecule has 0 unspecified atom stereocenters. The van der Waals surface area contributed by atoms with Crippen molar-refractivity contribution in [2.75, 3.05) is 0 Å². The minimum absolute atomic E-state index is 0.000158. The van der Waals surface area contributed by atoms with E-state index in [-0.39, 0.29) is 10.7 Å². The molecule has 1 aromatic carbocycles. The number of halogens is 3. The van der Waals surface area contributed by atoms with Gasteiger partial charge in [0.1, 0.15) is 5.03 Å². The maximum absolute atomic E-state index is 13.0. The number of fused-ring (bicyclic) bond motifs is 1. The zero-order valence-electron chi connectivity index (χ0n) is 13.1. The number of para-hydroxylation sites is 1. The molecular formula is C14H9F3N8S. The van der Waals surface area contributed by atoms with E-state index >= 15 is 0 Å². The Morgan fingerprint density at radius 3 is 2.58 bits per heavy atom. The second kappa shape index (κ2) is 6.05. The molecule has 0 saturated heterocycles. The molecular weight excluding hydrogens is 369 g/mol. The summed E-state index contributed by atoms with van der Waals surface area (Å²) in [6, 6.07) is 10.4. The van der Waals surface area contributed by atoms with Crippen molar-refractivity contribution in [2.45, 2.75) is 23.3 Å². The number of alkyl halides is 3. The van der Waals surface area contributed by atoms with Gasteiger partial charge in [0.05, 0.1) is 5.69 Å². The number of nitrogens with zero attached hydrogens (tertiary/aromatic N) is 8. The number of rotatable bonds is 3. The number of hydrogen-bond donors (Lipinski definition) is 0. The minimum atomic E-state index is -4.65. The van der Waals surface area contributed by atoms with Crippen LogP contribution in [0.5, 0.6) is 0 Å². The second-order valence-electron chi connectivity index (χ2n) is 5.22. The van der Waals surface area contributed by atoms with E-state index in [1.807, 2.05) is 31.2 Å². The van der Waals surface area contributed by atoms with Gasteiger partial charge in [-0.3, -0.25) is 0 Å². The zero-order chi connectivity index (χ0) is 18.3. The molecule has 0 atom stereocenters. The van der Waals surface area contributed by atoms with Crippen LogP contribution in [0.2, 0.25) is 0 Å². The van der Waals surface area contributed by atoms with Gasteiger partial charge in [-0.25, -0.2) is 0 Å². The van der Waals surface area contributed by atoms with Crippen molar-refractivity contribution in [1.29, 1.82) is 0 Å². The molecule has 0 bridgehead atoms. The maximum atomic E-state index is 13.0. The first kappa shape index (κ1) is 16.4. The van der Waals surface area contributed by atoms with Crippen molar-refractivity contribution in [3.05, 3.63) is 47.8 Å². The Morgan fingerprint density at radius 2 is 1.81 bits per heavy atom. The molecule has 3 heterocycles. The lowest BCUT2D eigenvalue weighted by Gasteiger charge is -2.07. The van der Waals surface area contributed by atoms with Crippen LogP contribution in [0.15, 0.2) is 46.6 Å². The van der Waals surface area contributed by atoms with Gasteiger partial charge in [0, 0.05) is 0 Å². The number of hydrogen-bond acceptors (Lipinski definition) is 7. The molecule has 0 N–H and O–H groups in total. The number of tetrazole rings is 1. The SMILES string of the molecule is Cc1ccccc1-n1nnnc1Sc1ccc2nnc(C(F)(F)F)n2n1. The van der Waals surface area contributed by atoms with Crippen molar-refractivity contribution in [3.8, 4) is 5.69 Å². The molecule has 0 aliphatic rings. The third-order valence-electron chi connectivity index (χ3n) is 3.47. The van der Waals surface area contributed by atoms with E-state index in [9.17, 15) is 13.2 Å². The van der Waals surface area contributed by atoms with Crippen LogP contribution in [-0.2, 0) is 6.18 Å². The molecule has 0 radical (unpaired) electrons. The molecule has 0 spiro atoms. The fourth-order valence-electron chi connectivity index (χ4n) is 2.29. The number of benzene rings is 1. The average molecular weight is 378 g/mol. The van der Waals surface area contributed by atoms with Crippen LogP contribution < -0.4 is 0 Å². The Kier molecular flexibility index (Phi) is 3.83. The van der Waals surface area contributed by atoms with Crippen molar-refractivity contribution in [3.63, 3.8) is 0 Å². The summed E-state index contributed by atoms with van der Waals surface area (Å²) in [6.07, 6.45) is -4.65. The molecule has 0 saturated carbocycles. The molecule has 3 aromatic heterocycles. The normalized spacial score (nSPS) is 12.0. The maximum Gasteiger partial charge on any atom is 0.453 e. The van der Waals surface area contributed by atoms with Gasteiger partial charge in [-0.2, -0.15) is 27.5 Å². The number of aryl methyl sites for hydroxylation is 1. The fourth-order valence-corrected chi connectivity index (χ4v) is 3.04. The fraction of sp³-hybridized carbons (Fsp3) is 0.143. The molecule has 12 heteroatoms. The summed E-state index contributed by atoms with van der Waals surface area (Å²) in [6.45, 7) is 1.91. The summed E-state index contributed by atoms with van der Waals surface area (Å²) >= 11 is 1.03. The summed E-state index contributed by atoms with van der Waals surface area (Å²) in [5.41, 5.74) is 1.71. The van der Waals surface area contributed by atoms with Gasteiger partial charge in [-0.1, -0.05) is 18.2 Å². The molecule has 132 valence electrons. The Morgan fingerprint density at radius 1 is 1.00 bits per heavy atom. The minimum Gasteiger partial charge on any atom is -0.188 e. The van der Waals surface area contributed by atoms with Crippen LogP contribution in [0, 0.1) is 6.92 Å². The lowest BCUT2D eigenvalue weighted by molar-refractivity contribution is -0.146. The molecule has 26 heavy (non-hydrogen) atoms. The second-order valence-corrected chi connectivity index (χ2v) is 6.21. The average Bonchev–Trinajstić information content (AvgIpc) is 3.21. The first-order valence-electron chi connectivity index (χ1n) is 7.25. The standard InChI is InChI=1S/C14H9F3N8S/c1-8-4-2-3-5-9(8)24-13(20-22-23-24)26-11-7-6-10-18-19-12(14(15,16)17)25(10)21-11/h2-7H,1H3. The van der Waals surface area contributed by atoms with Gasteiger partial charge in [0.2, 0.25) is 5.16 Å². The summed E-state index contributed by atoms with van der Waals surface area (Å²) in [4.78, 5) is 0. The Balaban J connectivity index is 1.73. The lowest BCUT2D eigenvalue weighted by atomic mass is 10.2. The highest BCUT2D eigenvalue weighted by atomic mass is 32.2. The monoisotopic (exact) mass is 378 g/mol. The van der Waals surface area contributed by atoms with E-state index < -0.39 is 12.0 Å². The van der Waals surface area contributed by atoms with Crippen molar-refractivity contribution >= 4 is 17.4 Å². The topological polar surface area (TPSA) is 86.7 Å². The van der Waals surface area contributed by atoms with E-state index in [1.54, 1.807) is 0 Å². The van der Waals surface area contributed by atoms with Crippen LogP contribution in [-0.4, -0.2) is 40.0 Å². The highest BCUT2D eigenvalue weighted by Gasteiger charge is 2.37. The highest BCUT2D eigenvalue weighted by Crippen LogP contribution is 2.30. The largest absolute Gasteiger partial charge is 0.453 e. The Bertz CT molecular complexity index is 1090. The van der Waals surface area contributed by atoms with Gasteiger partial charge in [-0.05, 0) is 52.9 Å². The van der Waals surface area contributed by atoms with Gasteiger partial charge >= 0.3 is 6.18 Å². The van der Waals surface area contributed by atoms with E-state index in [1.165, 1.54) is 16.8 Å². The van der Waals surface area contributed by atoms with Crippen molar-refractivity contribution in [1.82, 2.24) is 40.0 Å². The molecule has 0 aliphatic carbocycles. The summed E-state index contributed by atoms with van der Waals surface area (Å²) in [7, 11) is 0. The van der Waals surface area contributed by atoms with Crippen LogP contribution in [0.25, 0.3) is 11.3 Å². The molecule has 4 aromatic rings. The van der Waals surface area contributed by atoms with Crippen LogP contribution in [0.3, 0.4) is 0 Å². The summed E-state index contributed by atoms with van der Waals surface area (Å²) in [5.74, 6) is -1.19. The molecule has 0 amide bonds. The first-order chi connectivity index (χ1) is 12.4. The number of aromatic nitrogens is 8. The van der Waals surface area contributed by atoms with Crippen LogP contribution in [0.4, 0.5) is 13.2 Å². The van der Waals surface area contributed by atoms with Gasteiger partial charge in [0.15, 0.2) is 5.65 Å². The third kappa shape index (κ3) is 2.87. The highest BCUT2D eigenvalue weighted by molar-refractivity contribution is 7.99. The lowest BCUT2D eigenvalue weighted by Crippen LogP contribution is -2.12. The van der Waals surface area contributed by atoms with Crippen molar-refractivity contribution in [2.24, 2.45) is 0 Å². The van der Waals surface area contributed by atoms with Gasteiger partial charge in [-0.15, -0.1) is 15.3 Å². The molecule has 4 rings (SSSR count). The quantitative estimate of drug-likeness (QED) is 0.541. The third-order valence-corrected chi connectivity index (χ3v) is 4.34. The Hall–Kier alpha value is -3.02. The predicted octanol–water partition coefficient (Wildman–Crippen LogP) is 2.58. The summed E-state index contributed by atoms with van der Waals surface area (Å²) < 4.78 is 41.1. The Labute approximate surface area is 148 Å². The van der Waals surface area contributed by atoms with E-state index in [4.69, 9.17) is 0 Å². The van der Waals surface area contributed by atoms with Crippen molar-refractivity contribution < 1.29 is 13.2 Å². The predicted molar refractivity (Wildman–Crippen MR) is 83.8 cm³/mol. The van der Waals surface area contributed by atoms with Gasteiger partial charge < -0.3 is 0 Å². The van der Waals surface area contributed by atoms with E-state index in [0.29, 0.717) is 9.67 Å². The molecule has 0 aliphatic heterocycles. The van der Waals surface area contributed by atoms with E-state index in [0.717, 1.165) is 23.0 Å². The van der Waals surface area contributed by atoms with Gasteiger partial charge in [0.25, 0.3) is 5.82 Å². The van der Waals surface area contributed by atoms with Crippen LogP contribution >= 0.6 is 11.8 Å². The molecule has 8 nitrogen and oxygen atoms in total. The van der Waals surface area contributed by atoms with E-state index in [2.05, 4.69) is 30.8 Å². The smallest absolute Gasteiger partial charge is 0.188 e. The van der Waals surface area contributed by atoms with Crippen LogP contribution in [0.1, 0.15) is 11.4 Å².